The summed E-state index contributed by atoms with van der Waals surface area (Å²) in [6, 6.07) is 18.0. The Morgan fingerprint density at radius 3 is 2.42 bits per heavy atom. The molecule has 3 rings (SSSR count). The SMILES string of the molecule is O=C1OCc2ccccc2CN1Cc1ccccc1. The van der Waals surface area contributed by atoms with Crippen molar-refractivity contribution in [2.45, 2.75) is 19.7 Å². The number of amides is 1. The third kappa shape index (κ3) is 2.60. The molecule has 1 heterocycles. The summed E-state index contributed by atoms with van der Waals surface area (Å²) >= 11 is 0. The molecule has 0 aromatic heterocycles. The number of hydrogen-bond acceptors (Lipinski definition) is 2. The highest BCUT2D eigenvalue weighted by Crippen LogP contribution is 2.19. The van der Waals surface area contributed by atoms with E-state index in [2.05, 4.69) is 6.07 Å². The van der Waals surface area contributed by atoms with Crippen LogP contribution in [0.5, 0.6) is 0 Å². The predicted molar refractivity (Wildman–Crippen MR) is 72.3 cm³/mol. The van der Waals surface area contributed by atoms with Crippen LogP contribution in [0, 0.1) is 0 Å². The Morgan fingerprint density at radius 2 is 1.63 bits per heavy atom. The van der Waals surface area contributed by atoms with Gasteiger partial charge in [-0.25, -0.2) is 4.79 Å². The van der Waals surface area contributed by atoms with Gasteiger partial charge in [-0.2, -0.15) is 0 Å². The standard InChI is InChI=1S/C16H15NO2/c18-16-17(10-13-6-2-1-3-7-13)11-14-8-4-5-9-15(14)12-19-16/h1-9H,10-12H2. The van der Waals surface area contributed by atoms with Gasteiger partial charge in [0.1, 0.15) is 6.61 Å². The molecular weight excluding hydrogens is 238 g/mol. The van der Waals surface area contributed by atoms with E-state index in [0.29, 0.717) is 19.7 Å². The number of carbonyl (C=O) groups excluding carboxylic acids is 1. The molecule has 0 spiro atoms. The van der Waals surface area contributed by atoms with E-state index in [1.807, 2.05) is 48.5 Å². The van der Waals surface area contributed by atoms with Crippen LogP contribution in [0.2, 0.25) is 0 Å². The molecule has 0 saturated carbocycles. The Morgan fingerprint density at radius 1 is 0.947 bits per heavy atom. The van der Waals surface area contributed by atoms with Crippen LogP contribution in [-0.4, -0.2) is 11.0 Å². The summed E-state index contributed by atoms with van der Waals surface area (Å²) in [6.45, 7) is 1.54. The molecule has 1 aliphatic heterocycles. The van der Waals surface area contributed by atoms with Crippen LogP contribution in [0.25, 0.3) is 0 Å². The van der Waals surface area contributed by atoms with E-state index < -0.39 is 0 Å². The van der Waals surface area contributed by atoms with Crippen molar-refractivity contribution in [2.75, 3.05) is 0 Å². The van der Waals surface area contributed by atoms with Gasteiger partial charge in [0.25, 0.3) is 0 Å². The van der Waals surface area contributed by atoms with Crippen molar-refractivity contribution in [1.29, 1.82) is 0 Å². The fourth-order valence-corrected chi connectivity index (χ4v) is 2.28. The van der Waals surface area contributed by atoms with Crippen LogP contribution >= 0.6 is 0 Å². The van der Waals surface area contributed by atoms with E-state index in [1.165, 1.54) is 0 Å². The molecular formula is C16H15NO2. The number of ether oxygens (including phenoxy) is 1. The lowest BCUT2D eigenvalue weighted by Gasteiger charge is -2.19. The van der Waals surface area contributed by atoms with Crippen LogP contribution in [0.3, 0.4) is 0 Å². The molecule has 19 heavy (non-hydrogen) atoms. The minimum Gasteiger partial charge on any atom is -0.445 e. The fraction of sp³-hybridized carbons (Fsp3) is 0.188. The van der Waals surface area contributed by atoms with Crippen molar-refractivity contribution >= 4 is 6.09 Å². The Hall–Kier alpha value is -2.29. The minimum absolute atomic E-state index is 0.250. The first-order valence-electron chi connectivity index (χ1n) is 6.35. The third-order valence-electron chi connectivity index (χ3n) is 3.31. The summed E-state index contributed by atoms with van der Waals surface area (Å²) in [7, 11) is 0. The molecule has 0 atom stereocenters. The van der Waals surface area contributed by atoms with Gasteiger partial charge in [0.15, 0.2) is 0 Å². The molecule has 0 N–H and O–H groups in total. The molecule has 0 saturated heterocycles. The van der Waals surface area contributed by atoms with E-state index in [-0.39, 0.29) is 6.09 Å². The summed E-state index contributed by atoms with van der Waals surface area (Å²) in [5.41, 5.74) is 3.36. The zero-order valence-corrected chi connectivity index (χ0v) is 10.6. The van der Waals surface area contributed by atoms with Crippen LogP contribution in [0.15, 0.2) is 54.6 Å². The second kappa shape index (κ2) is 5.14. The summed E-state index contributed by atoms with van der Waals surface area (Å²) in [5, 5.41) is 0. The molecule has 1 aliphatic rings. The van der Waals surface area contributed by atoms with Gasteiger partial charge in [0, 0.05) is 13.1 Å². The first-order valence-corrected chi connectivity index (χ1v) is 6.35. The van der Waals surface area contributed by atoms with Crippen molar-refractivity contribution in [2.24, 2.45) is 0 Å². The molecule has 0 bridgehead atoms. The largest absolute Gasteiger partial charge is 0.445 e. The lowest BCUT2D eigenvalue weighted by Crippen LogP contribution is -2.28. The number of fused-ring (bicyclic) bond motifs is 1. The quantitative estimate of drug-likeness (QED) is 0.821. The minimum atomic E-state index is -0.250. The Kier molecular flexibility index (Phi) is 3.19. The second-order valence-corrected chi connectivity index (χ2v) is 4.66. The van der Waals surface area contributed by atoms with Crippen LogP contribution in [0.1, 0.15) is 16.7 Å². The van der Waals surface area contributed by atoms with Gasteiger partial charge >= 0.3 is 6.09 Å². The van der Waals surface area contributed by atoms with Crippen molar-refractivity contribution in [3.8, 4) is 0 Å². The molecule has 3 heteroatoms. The molecule has 2 aromatic carbocycles. The maximum Gasteiger partial charge on any atom is 0.410 e. The van der Waals surface area contributed by atoms with Gasteiger partial charge in [-0.1, -0.05) is 54.6 Å². The van der Waals surface area contributed by atoms with Crippen LogP contribution in [-0.2, 0) is 24.4 Å². The maximum absolute atomic E-state index is 12.0. The monoisotopic (exact) mass is 253 g/mol. The average molecular weight is 253 g/mol. The highest BCUT2D eigenvalue weighted by molar-refractivity contribution is 5.68. The van der Waals surface area contributed by atoms with Crippen molar-refractivity contribution in [3.63, 3.8) is 0 Å². The number of nitrogens with zero attached hydrogens (tertiary/aromatic N) is 1. The van der Waals surface area contributed by atoms with E-state index in [0.717, 1.165) is 16.7 Å². The van der Waals surface area contributed by atoms with Crippen molar-refractivity contribution in [3.05, 3.63) is 71.3 Å². The lowest BCUT2D eigenvalue weighted by molar-refractivity contribution is 0.0980. The second-order valence-electron chi connectivity index (χ2n) is 4.66. The van der Waals surface area contributed by atoms with Gasteiger partial charge in [-0.05, 0) is 16.7 Å². The zero-order chi connectivity index (χ0) is 13.1. The van der Waals surface area contributed by atoms with Gasteiger partial charge in [0.05, 0.1) is 0 Å². The van der Waals surface area contributed by atoms with E-state index >= 15 is 0 Å². The van der Waals surface area contributed by atoms with E-state index in [9.17, 15) is 4.79 Å². The maximum atomic E-state index is 12.0. The first kappa shape index (κ1) is 11.8. The van der Waals surface area contributed by atoms with Gasteiger partial charge in [-0.3, -0.25) is 4.90 Å². The lowest BCUT2D eigenvalue weighted by atomic mass is 10.1. The molecule has 0 fully saturated rings. The summed E-state index contributed by atoms with van der Waals surface area (Å²) in [6.07, 6.45) is -0.250. The highest BCUT2D eigenvalue weighted by Gasteiger charge is 2.21. The number of cyclic esters (lactones) is 1. The van der Waals surface area contributed by atoms with Gasteiger partial charge in [-0.15, -0.1) is 0 Å². The van der Waals surface area contributed by atoms with Crippen molar-refractivity contribution < 1.29 is 9.53 Å². The summed E-state index contributed by atoms with van der Waals surface area (Å²) < 4.78 is 5.30. The van der Waals surface area contributed by atoms with Gasteiger partial charge < -0.3 is 4.74 Å². The number of benzene rings is 2. The molecule has 2 aromatic rings. The summed E-state index contributed by atoms with van der Waals surface area (Å²) in [4.78, 5) is 13.7. The van der Waals surface area contributed by atoms with Gasteiger partial charge in [0.2, 0.25) is 0 Å². The normalized spacial score (nSPS) is 14.5. The Balaban J connectivity index is 1.83. The first-order chi connectivity index (χ1) is 9.33. The van der Waals surface area contributed by atoms with Crippen LogP contribution < -0.4 is 0 Å². The molecule has 96 valence electrons. The third-order valence-corrected chi connectivity index (χ3v) is 3.31. The molecule has 1 amide bonds. The number of hydrogen-bond donors (Lipinski definition) is 0. The summed E-state index contributed by atoms with van der Waals surface area (Å²) in [5.74, 6) is 0. The predicted octanol–water partition coefficient (Wildman–Crippen LogP) is 3.34. The Bertz CT molecular complexity index is 580. The average Bonchev–Trinajstić information content (AvgIpc) is 2.61. The Labute approximate surface area is 112 Å². The highest BCUT2D eigenvalue weighted by atomic mass is 16.6. The smallest absolute Gasteiger partial charge is 0.410 e. The zero-order valence-electron chi connectivity index (χ0n) is 10.6. The number of carbonyl (C=O) groups is 1. The molecule has 0 unspecified atom stereocenters. The molecule has 0 aliphatic carbocycles. The topological polar surface area (TPSA) is 29.5 Å². The fourth-order valence-electron chi connectivity index (χ4n) is 2.28. The van der Waals surface area contributed by atoms with E-state index in [1.54, 1.807) is 4.90 Å². The van der Waals surface area contributed by atoms with Crippen molar-refractivity contribution in [1.82, 2.24) is 4.90 Å². The van der Waals surface area contributed by atoms with E-state index in [4.69, 9.17) is 4.74 Å². The molecule has 0 radical (unpaired) electrons. The number of rotatable bonds is 2. The molecule has 3 nitrogen and oxygen atoms in total. The van der Waals surface area contributed by atoms with Crippen LogP contribution in [0.4, 0.5) is 4.79 Å².